The molecule has 1 aromatic rings. The number of aryl methyl sites for hydroxylation is 1. The van der Waals surface area contributed by atoms with E-state index in [0.717, 1.165) is 17.0 Å². The average Bonchev–Trinajstić information content (AvgIpc) is 2.30. The highest BCUT2D eigenvalue weighted by molar-refractivity contribution is 6.11. The molecular formula is C14H14N2. The molecule has 0 spiro atoms. The van der Waals surface area contributed by atoms with Gasteiger partial charge < -0.3 is 0 Å². The summed E-state index contributed by atoms with van der Waals surface area (Å²) >= 11 is 0. The first-order chi connectivity index (χ1) is 7.75. The fourth-order valence-corrected chi connectivity index (χ4v) is 1.37. The molecule has 0 aliphatic heterocycles. The van der Waals surface area contributed by atoms with E-state index < -0.39 is 0 Å². The predicted octanol–water partition coefficient (Wildman–Crippen LogP) is 3.45. The minimum absolute atomic E-state index is 0.864. The number of allylic oxidation sites excluding steroid dienone is 5. The highest BCUT2D eigenvalue weighted by atomic mass is 15.3. The van der Waals surface area contributed by atoms with Crippen LogP contribution in [0.4, 0.5) is 5.69 Å². The van der Waals surface area contributed by atoms with Crippen molar-refractivity contribution >= 4 is 11.4 Å². The quantitative estimate of drug-likeness (QED) is 0.743. The summed E-state index contributed by atoms with van der Waals surface area (Å²) in [6, 6.07) is 8.11. The van der Waals surface area contributed by atoms with Crippen molar-refractivity contribution in [3.63, 3.8) is 0 Å². The molecule has 16 heavy (non-hydrogen) atoms. The molecular weight excluding hydrogens is 196 g/mol. The van der Waals surface area contributed by atoms with Gasteiger partial charge in [-0.3, -0.25) is 5.43 Å². The van der Waals surface area contributed by atoms with Crippen molar-refractivity contribution in [3.8, 4) is 0 Å². The molecule has 0 saturated carbocycles. The zero-order chi connectivity index (χ0) is 11.4. The monoisotopic (exact) mass is 210 g/mol. The summed E-state index contributed by atoms with van der Waals surface area (Å²) in [5.74, 6) is 0. The average molecular weight is 210 g/mol. The van der Waals surface area contributed by atoms with Gasteiger partial charge in [0.05, 0.1) is 11.4 Å². The molecule has 80 valence electrons. The maximum absolute atomic E-state index is 4.29. The highest BCUT2D eigenvalue weighted by Crippen LogP contribution is 2.10. The number of anilines is 1. The maximum atomic E-state index is 4.29. The zero-order valence-corrected chi connectivity index (χ0v) is 9.27. The number of rotatable bonds is 2. The van der Waals surface area contributed by atoms with Gasteiger partial charge in [0.1, 0.15) is 0 Å². The van der Waals surface area contributed by atoms with Crippen LogP contribution in [0, 0.1) is 6.92 Å². The number of nitrogens with one attached hydrogen (secondary N) is 1. The Labute approximate surface area is 95.7 Å². The molecule has 0 fully saturated rings. The third-order valence-electron chi connectivity index (χ3n) is 2.35. The fourth-order valence-electron chi connectivity index (χ4n) is 1.37. The number of benzene rings is 1. The van der Waals surface area contributed by atoms with E-state index in [9.17, 15) is 0 Å². The third-order valence-corrected chi connectivity index (χ3v) is 2.35. The molecule has 1 aliphatic carbocycles. The van der Waals surface area contributed by atoms with Gasteiger partial charge in [0.2, 0.25) is 0 Å². The molecule has 2 nitrogen and oxygen atoms in total. The van der Waals surface area contributed by atoms with Crippen molar-refractivity contribution in [2.45, 2.75) is 6.92 Å². The summed E-state index contributed by atoms with van der Waals surface area (Å²) in [4.78, 5) is 0. The number of nitrogens with zero attached hydrogens (tertiary/aromatic N) is 1. The van der Waals surface area contributed by atoms with Gasteiger partial charge in [0.15, 0.2) is 0 Å². The summed E-state index contributed by atoms with van der Waals surface area (Å²) in [6.45, 7) is 5.97. The van der Waals surface area contributed by atoms with Crippen LogP contribution in [0.1, 0.15) is 5.56 Å². The maximum Gasteiger partial charge on any atom is 0.0899 e. The smallest absolute Gasteiger partial charge is 0.0899 e. The number of hydrazone groups is 1. The molecule has 2 rings (SSSR count). The fraction of sp³-hybridized carbons (Fsp3) is 0.0714. The first-order valence-corrected chi connectivity index (χ1v) is 5.20. The molecule has 0 atom stereocenters. The van der Waals surface area contributed by atoms with Gasteiger partial charge in [-0.2, -0.15) is 5.10 Å². The van der Waals surface area contributed by atoms with Crippen molar-refractivity contribution in [2.75, 3.05) is 5.43 Å². The molecule has 0 radical (unpaired) electrons. The zero-order valence-electron chi connectivity index (χ0n) is 9.27. The van der Waals surface area contributed by atoms with Crippen LogP contribution >= 0.6 is 0 Å². The van der Waals surface area contributed by atoms with E-state index in [1.165, 1.54) is 5.56 Å². The molecule has 0 heterocycles. The van der Waals surface area contributed by atoms with Gasteiger partial charge >= 0.3 is 0 Å². The molecule has 0 saturated heterocycles. The van der Waals surface area contributed by atoms with Gasteiger partial charge in [-0.25, -0.2) is 0 Å². The van der Waals surface area contributed by atoms with Gasteiger partial charge in [-0.1, -0.05) is 42.5 Å². The Morgan fingerprint density at radius 1 is 1.06 bits per heavy atom. The van der Waals surface area contributed by atoms with Crippen molar-refractivity contribution in [3.05, 3.63) is 66.3 Å². The topological polar surface area (TPSA) is 24.4 Å². The van der Waals surface area contributed by atoms with E-state index in [0.29, 0.717) is 0 Å². The molecule has 1 aromatic carbocycles. The van der Waals surface area contributed by atoms with Crippen LogP contribution in [0.15, 0.2) is 65.8 Å². The second-order valence-corrected chi connectivity index (χ2v) is 3.72. The van der Waals surface area contributed by atoms with Crippen LogP contribution in [0.25, 0.3) is 0 Å². The van der Waals surface area contributed by atoms with E-state index >= 15 is 0 Å². The van der Waals surface area contributed by atoms with Crippen LogP contribution in [-0.2, 0) is 0 Å². The molecule has 1 N–H and O–H groups in total. The normalized spacial score (nSPS) is 16.8. The summed E-state index contributed by atoms with van der Waals surface area (Å²) < 4.78 is 0. The highest BCUT2D eigenvalue weighted by Gasteiger charge is 2.00. The van der Waals surface area contributed by atoms with Crippen molar-refractivity contribution in [2.24, 2.45) is 5.10 Å². The van der Waals surface area contributed by atoms with Crippen LogP contribution in [0.2, 0.25) is 0 Å². The van der Waals surface area contributed by atoms with Crippen molar-refractivity contribution in [1.82, 2.24) is 0 Å². The molecule has 2 heteroatoms. The lowest BCUT2D eigenvalue weighted by Crippen LogP contribution is -2.02. The Bertz CT molecular complexity index is 476. The van der Waals surface area contributed by atoms with Gasteiger partial charge in [0.25, 0.3) is 0 Å². The largest absolute Gasteiger partial charge is 0.278 e. The molecule has 0 bridgehead atoms. The van der Waals surface area contributed by atoms with E-state index in [1.54, 1.807) is 0 Å². The lowest BCUT2D eigenvalue weighted by atomic mass is 10.1. The Hall–Kier alpha value is -2.09. The molecule has 1 aliphatic rings. The van der Waals surface area contributed by atoms with Crippen LogP contribution in [0.5, 0.6) is 0 Å². The number of hydrogen-bond acceptors (Lipinski definition) is 2. The van der Waals surface area contributed by atoms with Crippen LogP contribution in [0.3, 0.4) is 0 Å². The Balaban J connectivity index is 2.09. The standard InChI is InChI=1S/C14H14N2/c1-11-7-9-13(10-8-11)15-16-14-6-4-3-5-12(14)2/h3-10,15H,2H2,1H3/b16-14-. The minimum atomic E-state index is 0.864. The first-order valence-electron chi connectivity index (χ1n) is 5.20. The van der Waals surface area contributed by atoms with E-state index in [4.69, 9.17) is 0 Å². The second-order valence-electron chi connectivity index (χ2n) is 3.72. The number of hydrogen-bond donors (Lipinski definition) is 1. The van der Waals surface area contributed by atoms with Crippen molar-refractivity contribution in [1.29, 1.82) is 0 Å². The summed E-state index contributed by atoms with van der Waals surface area (Å²) in [5.41, 5.74) is 7.02. The van der Waals surface area contributed by atoms with Gasteiger partial charge in [-0.05, 0) is 30.7 Å². The Morgan fingerprint density at radius 3 is 2.44 bits per heavy atom. The van der Waals surface area contributed by atoms with Crippen molar-refractivity contribution < 1.29 is 0 Å². The predicted molar refractivity (Wildman–Crippen MR) is 69.7 cm³/mol. The lowest BCUT2D eigenvalue weighted by Gasteiger charge is -2.06. The Kier molecular flexibility index (Phi) is 3.01. The first kappa shape index (κ1) is 10.4. The van der Waals surface area contributed by atoms with E-state index in [1.807, 2.05) is 48.6 Å². The van der Waals surface area contributed by atoms with Crippen LogP contribution in [-0.4, -0.2) is 5.71 Å². The van der Waals surface area contributed by atoms with Crippen LogP contribution < -0.4 is 5.43 Å². The third kappa shape index (κ3) is 2.48. The van der Waals surface area contributed by atoms with Gasteiger partial charge in [-0.15, -0.1) is 0 Å². The van der Waals surface area contributed by atoms with E-state index in [-0.39, 0.29) is 0 Å². The summed E-state index contributed by atoms with van der Waals surface area (Å²) in [7, 11) is 0. The molecule has 0 aromatic heterocycles. The SMILES string of the molecule is C=C1C=CC=C/C1=N/Nc1ccc(C)cc1. The lowest BCUT2D eigenvalue weighted by molar-refractivity contribution is 1.32. The summed E-state index contributed by atoms with van der Waals surface area (Å²) in [6.07, 6.45) is 7.77. The molecule has 0 unspecified atom stereocenters. The second kappa shape index (κ2) is 4.62. The summed E-state index contributed by atoms with van der Waals surface area (Å²) in [5, 5.41) is 4.29. The molecule has 0 amide bonds. The Morgan fingerprint density at radius 2 is 1.75 bits per heavy atom. The van der Waals surface area contributed by atoms with Gasteiger partial charge in [0, 0.05) is 0 Å². The van der Waals surface area contributed by atoms with E-state index in [2.05, 4.69) is 24.0 Å². The minimum Gasteiger partial charge on any atom is -0.278 e.